The van der Waals surface area contributed by atoms with Crippen molar-refractivity contribution in [1.29, 1.82) is 0 Å². The fourth-order valence-electron chi connectivity index (χ4n) is 11.5. The van der Waals surface area contributed by atoms with Gasteiger partial charge in [-0.15, -0.1) is 0 Å². The molecule has 0 unspecified atom stereocenters. The van der Waals surface area contributed by atoms with Gasteiger partial charge in [0.2, 0.25) is 0 Å². The number of fused-ring (bicyclic) bond motifs is 14. The monoisotopic (exact) mass is 1030 g/mol. The Kier molecular flexibility index (Phi) is 11.9. The second kappa shape index (κ2) is 18.0. The van der Waals surface area contributed by atoms with Gasteiger partial charge < -0.3 is 0 Å². The molecule has 0 aliphatic carbocycles. The van der Waals surface area contributed by atoms with Gasteiger partial charge in [-0.05, 0) is 0 Å². The summed E-state index contributed by atoms with van der Waals surface area (Å²) in [4.78, 5) is 11.5. The van der Waals surface area contributed by atoms with Gasteiger partial charge >= 0.3 is 434 Å². The molecule has 346 valence electrons. The van der Waals surface area contributed by atoms with Crippen molar-refractivity contribution in [2.75, 3.05) is 0 Å². The van der Waals surface area contributed by atoms with Crippen LogP contribution < -0.4 is 0 Å². The van der Waals surface area contributed by atoms with E-state index < -0.39 is 0 Å². The molecule has 70 heavy (non-hydrogen) atoms. The van der Waals surface area contributed by atoms with Gasteiger partial charge in [-0.25, -0.2) is 0 Å². The molecule has 4 aromatic carbocycles. The molecule has 7 heterocycles. The van der Waals surface area contributed by atoms with Crippen molar-refractivity contribution in [3.63, 3.8) is 0 Å². The van der Waals surface area contributed by atoms with E-state index in [1.165, 1.54) is 148 Å². The number of nitrogens with zero attached hydrogens (tertiary/aromatic N) is 2. The summed E-state index contributed by atoms with van der Waals surface area (Å²) < 4.78 is 10.2. The molecule has 0 amide bonds. The average Bonchev–Trinajstić information content (AvgIpc) is 4.15. The Balaban J connectivity index is 1.36. The molecule has 2 aliphatic rings. The number of rotatable bonds is 4. The van der Waals surface area contributed by atoms with Crippen LogP contribution in [0.1, 0.15) is 89.5 Å². The van der Waals surface area contributed by atoms with Crippen molar-refractivity contribution in [3.05, 3.63) is 187 Å². The maximum absolute atomic E-state index is 5.77. The zero-order valence-electron chi connectivity index (χ0n) is 42.1. The molecule has 0 N–H and O–H groups in total. The predicted molar refractivity (Wildman–Crippen MR) is 312 cm³/mol. The van der Waals surface area contributed by atoms with Crippen molar-refractivity contribution < 1.29 is 0 Å². The van der Waals surface area contributed by atoms with Gasteiger partial charge in [-0.1, -0.05) is 0 Å². The van der Waals surface area contributed by atoms with Crippen LogP contribution in [0.2, 0.25) is 0 Å². The SMILES string of the molecule is Cc1cc(C)c(-c2c3nc(c(-c4c(C)cc(C)cc4C)c4ccc([se]4)c(-c4c(C)cc(C)cc4C)c4nc(c(-c5c(C)cc(C)cc5C)c5ccc(s5)c5ccc(s5)c5ccc2s5)C=C4)C=C3)c(C)c1. The van der Waals surface area contributed by atoms with E-state index in [0.29, 0.717) is 0 Å². The van der Waals surface area contributed by atoms with Gasteiger partial charge in [0.05, 0.1) is 0 Å². The Hall–Kier alpha value is -5.98. The van der Waals surface area contributed by atoms with Crippen LogP contribution in [0.4, 0.5) is 0 Å². The Morgan fingerprint density at radius 3 is 0.786 bits per heavy atom. The van der Waals surface area contributed by atoms with Gasteiger partial charge in [0.1, 0.15) is 0 Å². The van der Waals surface area contributed by atoms with Gasteiger partial charge in [0.25, 0.3) is 0 Å². The topological polar surface area (TPSA) is 25.8 Å². The third-order valence-corrected chi connectivity index (χ3v) is 19.9. The zero-order chi connectivity index (χ0) is 48.9. The van der Waals surface area contributed by atoms with Crippen molar-refractivity contribution in [1.82, 2.24) is 9.97 Å². The van der Waals surface area contributed by atoms with E-state index in [9.17, 15) is 0 Å². The van der Waals surface area contributed by atoms with Crippen molar-refractivity contribution >= 4 is 110 Å². The Bertz CT molecular complexity index is 3680. The van der Waals surface area contributed by atoms with E-state index in [1.54, 1.807) is 0 Å². The Labute approximate surface area is 430 Å². The maximum atomic E-state index is 5.77. The number of thiophene rings is 3. The van der Waals surface area contributed by atoms with E-state index in [1.807, 2.05) is 34.0 Å². The van der Waals surface area contributed by atoms with Crippen LogP contribution in [0.15, 0.2) is 97.1 Å². The molecule has 12 bridgehead atoms. The molecule has 11 rings (SSSR count). The normalized spacial score (nSPS) is 12.2. The molecule has 9 aromatic rings. The van der Waals surface area contributed by atoms with Crippen molar-refractivity contribution in [2.45, 2.75) is 83.1 Å². The molecular weight excluding hydrogens is 972 g/mol. The van der Waals surface area contributed by atoms with E-state index in [0.717, 1.165) is 22.8 Å². The number of hydrogen-bond donors (Lipinski definition) is 0. The molecule has 0 radical (unpaired) electrons. The van der Waals surface area contributed by atoms with Gasteiger partial charge in [0, 0.05) is 0 Å². The van der Waals surface area contributed by atoms with Gasteiger partial charge in [-0.3, -0.25) is 0 Å². The number of benzene rings is 4. The number of aromatic nitrogens is 2. The fourth-order valence-corrected chi connectivity index (χ4v) is 17.2. The summed E-state index contributed by atoms with van der Waals surface area (Å²) in [5.41, 5.74) is 29.3. The molecule has 0 spiro atoms. The molecule has 5 aromatic heterocycles. The standard InChI is InChI=1S/C64H56N2S3Se/c1-33-25-37(5)57(38(6)26-33)61-45-13-15-47(65-45)63(59-41(9)29-35(3)30-42(59)10)55-23-24-56(70-55)64(60-43(11)31-36(4)32-44(60)12)48-16-14-46(66-48)62(58-39(7)27-34(2)28-40(58)8)54-22-20-52(69-54)50-18-17-49(67-50)51-19-21-53(61)68-51/h13-32H,1-12H3. The average molecular weight is 1030 g/mol. The molecule has 0 atom stereocenters. The van der Waals surface area contributed by atoms with Crippen molar-refractivity contribution in [3.8, 4) is 44.5 Å². The summed E-state index contributed by atoms with van der Waals surface area (Å²) >= 11 is 5.55. The first kappa shape index (κ1) is 46.4. The Morgan fingerprint density at radius 1 is 0.271 bits per heavy atom. The van der Waals surface area contributed by atoms with Gasteiger partial charge in [0.15, 0.2) is 0 Å². The summed E-state index contributed by atoms with van der Waals surface area (Å²) in [5.74, 6) is 0. The van der Waals surface area contributed by atoms with Crippen LogP contribution in [-0.4, -0.2) is 24.5 Å². The zero-order valence-corrected chi connectivity index (χ0v) is 46.2. The molecule has 0 fully saturated rings. The second-order valence-electron chi connectivity index (χ2n) is 19.7. The number of hydrogen-bond acceptors (Lipinski definition) is 5. The molecular formula is C64H56N2S3Se. The van der Waals surface area contributed by atoms with E-state index >= 15 is 0 Å². The second-order valence-corrected chi connectivity index (χ2v) is 25.2. The molecule has 6 heteroatoms. The van der Waals surface area contributed by atoms with E-state index in [4.69, 9.17) is 9.97 Å². The third kappa shape index (κ3) is 8.18. The summed E-state index contributed by atoms with van der Waals surface area (Å²) in [6, 6.07) is 37.4. The van der Waals surface area contributed by atoms with Crippen LogP contribution >= 0.6 is 34.0 Å². The van der Waals surface area contributed by atoms with Crippen LogP contribution in [0.25, 0.3) is 106 Å². The first-order valence-electron chi connectivity index (χ1n) is 24.1. The van der Waals surface area contributed by atoms with Crippen LogP contribution in [0.3, 0.4) is 0 Å². The summed E-state index contributed by atoms with van der Waals surface area (Å²) in [5, 5.41) is 0. The minimum absolute atomic E-state index is 0.0789. The number of aryl methyl sites for hydroxylation is 12. The van der Waals surface area contributed by atoms with Crippen molar-refractivity contribution in [2.24, 2.45) is 0 Å². The first-order chi connectivity index (χ1) is 33.6. The fraction of sp³-hybridized carbons (Fsp3) is 0.188. The van der Waals surface area contributed by atoms with Crippen LogP contribution in [0.5, 0.6) is 0 Å². The quantitative estimate of drug-likeness (QED) is 0.164. The summed E-state index contributed by atoms with van der Waals surface area (Å²) in [6.45, 7) is 27.0. The molecule has 2 aliphatic heterocycles. The van der Waals surface area contributed by atoms with Crippen LogP contribution in [0, 0.1) is 83.1 Å². The first-order valence-corrected chi connectivity index (χ1v) is 28.3. The summed E-state index contributed by atoms with van der Waals surface area (Å²) in [7, 11) is 0. The molecule has 2 nitrogen and oxygen atoms in total. The third-order valence-electron chi connectivity index (χ3n) is 13.9. The summed E-state index contributed by atoms with van der Waals surface area (Å²) in [6.07, 6.45) is 9.14. The van der Waals surface area contributed by atoms with E-state index in [-0.39, 0.29) is 14.5 Å². The molecule has 0 saturated carbocycles. The minimum atomic E-state index is -0.0789. The predicted octanol–water partition coefficient (Wildman–Crippen LogP) is 19.0. The van der Waals surface area contributed by atoms with Gasteiger partial charge in [-0.2, -0.15) is 0 Å². The Morgan fingerprint density at radius 2 is 0.500 bits per heavy atom. The van der Waals surface area contributed by atoms with Crippen LogP contribution in [-0.2, 0) is 0 Å². The van der Waals surface area contributed by atoms with E-state index in [2.05, 4.69) is 204 Å². The molecule has 0 saturated heterocycles.